The van der Waals surface area contributed by atoms with Crippen molar-refractivity contribution in [3.8, 4) is 11.8 Å². The fraction of sp³-hybridized carbons (Fsp3) is 0.355. The molecule has 226 valence electrons. The molecule has 0 bridgehead atoms. The van der Waals surface area contributed by atoms with E-state index < -0.39 is 17.6 Å². The molecule has 3 heterocycles. The van der Waals surface area contributed by atoms with Crippen LogP contribution in [0.2, 0.25) is 0 Å². The van der Waals surface area contributed by atoms with Crippen molar-refractivity contribution in [3.63, 3.8) is 0 Å². The summed E-state index contributed by atoms with van der Waals surface area (Å²) in [6, 6.07) is 5.41. The normalized spacial score (nSPS) is 14.5. The fourth-order valence-electron chi connectivity index (χ4n) is 4.30. The smallest absolute Gasteiger partial charge is 0.370 e. The summed E-state index contributed by atoms with van der Waals surface area (Å²) in [5, 5.41) is 13.5. The number of aromatic amines is 1. The fourth-order valence-corrected chi connectivity index (χ4v) is 4.30. The van der Waals surface area contributed by atoms with Gasteiger partial charge in [-0.15, -0.1) is 0 Å². The van der Waals surface area contributed by atoms with Crippen LogP contribution in [0.1, 0.15) is 52.4 Å². The van der Waals surface area contributed by atoms with Crippen molar-refractivity contribution in [2.75, 3.05) is 45.1 Å². The largest absolute Gasteiger partial charge is 0.416 e. The van der Waals surface area contributed by atoms with Gasteiger partial charge in [0.2, 0.25) is 0 Å². The van der Waals surface area contributed by atoms with Crippen LogP contribution in [0, 0.1) is 23.2 Å². The molecule has 1 fully saturated rings. The van der Waals surface area contributed by atoms with E-state index >= 15 is 0 Å². The van der Waals surface area contributed by atoms with E-state index in [0.717, 1.165) is 19.2 Å². The second-order valence-electron chi connectivity index (χ2n) is 10.8. The summed E-state index contributed by atoms with van der Waals surface area (Å²) in [7, 11) is 1.99. The van der Waals surface area contributed by atoms with Crippen LogP contribution >= 0.6 is 0 Å². The molecule has 9 nitrogen and oxygen atoms in total. The molecule has 4 rings (SSSR count). The van der Waals surface area contributed by atoms with Crippen LogP contribution in [0.3, 0.4) is 0 Å². The van der Waals surface area contributed by atoms with Gasteiger partial charge >= 0.3 is 6.18 Å². The minimum Gasteiger partial charge on any atom is -0.370 e. The molecule has 0 atom stereocenters. The highest BCUT2D eigenvalue weighted by molar-refractivity contribution is 6.04. The number of amides is 1. The zero-order valence-electron chi connectivity index (χ0n) is 24.3. The molecule has 12 heteroatoms. The topological polar surface area (TPSA) is 113 Å². The zero-order valence-corrected chi connectivity index (χ0v) is 24.3. The number of rotatable bonds is 8. The molecule has 1 aliphatic heterocycles. The number of halogens is 3. The number of likely N-dealkylation sites (N-methyl/N-ethyl adjacent to an activating group) is 1. The van der Waals surface area contributed by atoms with Crippen molar-refractivity contribution in [1.82, 2.24) is 30.1 Å². The lowest BCUT2D eigenvalue weighted by atomic mass is 10.0. The van der Waals surface area contributed by atoms with Crippen molar-refractivity contribution < 1.29 is 18.0 Å². The first-order valence-corrected chi connectivity index (χ1v) is 13.9. The summed E-state index contributed by atoms with van der Waals surface area (Å²) in [6.07, 6.45) is 3.06. The molecule has 3 aromatic rings. The number of nitrogens with one attached hydrogen (secondary N) is 4. The van der Waals surface area contributed by atoms with Crippen LogP contribution < -0.4 is 10.6 Å². The monoisotopic (exact) mass is 592 g/mol. The molecule has 1 aliphatic rings. The molecule has 0 radical (unpaired) electrons. The van der Waals surface area contributed by atoms with Gasteiger partial charge in [0.1, 0.15) is 17.4 Å². The molecule has 43 heavy (non-hydrogen) atoms. The van der Waals surface area contributed by atoms with Crippen LogP contribution in [0.15, 0.2) is 48.9 Å². The Hall–Kier alpha value is -4.47. The second-order valence-corrected chi connectivity index (χ2v) is 10.8. The van der Waals surface area contributed by atoms with E-state index in [1.807, 2.05) is 11.9 Å². The van der Waals surface area contributed by atoms with Crippen LogP contribution in [0.25, 0.3) is 6.08 Å². The van der Waals surface area contributed by atoms with Gasteiger partial charge in [-0.1, -0.05) is 25.8 Å². The molecule has 0 unspecified atom stereocenters. The highest BCUT2D eigenvalue weighted by atomic mass is 19.4. The minimum absolute atomic E-state index is 0.0430. The van der Waals surface area contributed by atoms with Crippen molar-refractivity contribution in [3.05, 3.63) is 82.7 Å². The van der Waals surface area contributed by atoms with Crippen LogP contribution in [-0.4, -0.2) is 76.3 Å². The number of amidine groups is 1. The van der Waals surface area contributed by atoms with Gasteiger partial charge < -0.3 is 20.5 Å². The van der Waals surface area contributed by atoms with Crippen molar-refractivity contribution in [1.29, 1.82) is 5.41 Å². The van der Waals surface area contributed by atoms with E-state index in [-0.39, 0.29) is 29.2 Å². The molecular formula is C31H35F3N8O. The van der Waals surface area contributed by atoms with Gasteiger partial charge in [0, 0.05) is 62.9 Å². The van der Waals surface area contributed by atoms with E-state index in [1.54, 1.807) is 18.3 Å². The Balaban J connectivity index is 1.41. The predicted molar refractivity (Wildman–Crippen MR) is 161 cm³/mol. The van der Waals surface area contributed by atoms with Gasteiger partial charge in [0.05, 0.1) is 17.3 Å². The lowest BCUT2D eigenvalue weighted by molar-refractivity contribution is -0.138. The number of pyridine rings is 1. The standard InChI is InChI=1S/C31H35F3N8O/c1-21(2)16-37-28(35)8-9-29-38-19-26(39-29)6-4-22-14-24(18-36-17-22)30(43)40-25-7-5-23(27(15-25)31(32,33)34)20-42-12-10-41(3)11-13-42/h5,7-9,14-15,17-19,21H,10-13,16,20H2,1-3H3,(H2,35,37)(H,38,39)(H,40,43)/b9-8-. The second kappa shape index (κ2) is 14.1. The Kier molecular flexibility index (Phi) is 10.3. The number of hydrogen-bond donors (Lipinski definition) is 4. The summed E-state index contributed by atoms with van der Waals surface area (Å²) in [5.74, 6) is 6.45. The number of piperazine rings is 1. The zero-order chi connectivity index (χ0) is 31.0. The first-order valence-electron chi connectivity index (χ1n) is 13.9. The Morgan fingerprint density at radius 3 is 2.63 bits per heavy atom. The number of hydrogen-bond acceptors (Lipinski definition) is 6. The molecule has 4 N–H and O–H groups in total. The third-order valence-electron chi connectivity index (χ3n) is 6.71. The highest BCUT2D eigenvalue weighted by Gasteiger charge is 2.34. The molecule has 0 saturated carbocycles. The van der Waals surface area contributed by atoms with E-state index in [0.29, 0.717) is 42.6 Å². The lowest BCUT2D eigenvalue weighted by Gasteiger charge is -2.33. The van der Waals surface area contributed by atoms with Gasteiger partial charge in [0.25, 0.3) is 5.91 Å². The number of benzene rings is 1. The van der Waals surface area contributed by atoms with Gasteiger partial charge in [0.15, 0.2) is 0 Å². The molecule has 2 aromatic heterocycles. The van der Waals surface area contributed by atoms with E-state index in [9.17, 15) is 18.0 Å². The maximum Gasteiger partial charge on any atom is 0.416 e. The third-order valence-corrected chi connectivity index (χ3v) is 6.71. The Morgan fingerprint density at radius 2 is 1.91 bits per heavy atom. The van der Waals surface area contributed by atoms with E-state index in [2.05, 4.69) is 56.2 Å². The quantitative estimate of drug-likeness (QED) is 0.175. The van der Waals surface area contributed by atoms with Gasteiger partial charge in [-0.05, 0) is 54.8 Å². The Morgan fingerprint density at radius 1 is 1.14 bits per heavy atom. The van der Waals surface area contributed by atoms with Crippen LogP contribution in [0.4, 0.5) is 18.9 Å². The average molecular weight is 593 g/mol. The third kappa shape index (κ3) is 9.52. The number of aromatic nitrogens is 3. The number of anilines is 1. The van der Waals surface area contributed by atoms with Crippen molar-refractivity contribution in [2.24, 2.45) is 5.92 Å². The summed E-state index contributed by atoms with van der Waals surface area (Å²) in [5.41, 5.74) is 0.570. The molecule has 1 amide bonds. The molecule has 0 spiro atoms. The maximum atomic E-state index is 13.9. The van der Waals surface area contributed by atoms with Crippen molar-refractivity contribution in [2.45, 2.75) is 26.6 Å². The Bertz CT molecular complexity index is 1530. The van der Waals surface area contributed by atoms with Gasteiger partial charge in [-0.25, -0.2) is 4.98 Å². The van der Waals surface area contributed by atoms with Crippen LogP contribution in [0.5, 0.6) is 0 Å². The van der Waals surface area contributed by atoms with E-state index in [1.165, 1.54) is 30.6 Å². The molecule has 1 aromatic carbocycles. The SMILES string of the molecule is CC(C)CNC(=N)/C=C\c1ncc(C#Cc2cncc(C(=O)Nc3ccc(CN4CCN(C)CC4)c(C(F)(F)F)c3)c2)[nH]1. The van der Waals surface area contributed by atoms with E-state index in [4.69, 9.17) is 5.41 Å². The summed E-state index contributed by atoms with van der Waals surface area (Å²) >= 11 is 0. The summed E-state index contributed by atoms with van der Waals surface area (Å²) < 4.78 is 41.8. The number of imidazole rings is 1. The van der Waals surface area contributed by atoms with Gasteiger partial charge in [-0.3, -0.25) is 20.1 Å². The average Bonchev–Trinajstić information content (AvgIpc) is 3.43. The molecular weight excluding hydrogens is 557 g/mol. The number of carbonyl (C=O) groups is 1. The lowest BCUT2D eigenvalue weighted by Crippen LogP contribution is -2.44. The summed E-state index contributed by atoms with van der Waals surface area (Å²) in [4.78, 5) is 28.4. The maximum absolute atomic E-state index is 13.9. The van der Waals surface area contributed by atoms with Crippen LogP contribution in [-0.2, 0) is 12.7 Å². The number of carbonyl (C=O) groups excluding carboxylic acids is 1. The first-order chi connectivity index (χ1) is 20.5. The summed E-state index contributed by atoms with van der Waals surface area (Å²) in [6.45, 7) is 7.99. The minimum atomic E-state index is -4.56. The highest BCUT2D eigenvalue weighted by Crippen LogP contribution is 2.34. The number of H-pyrrole nitrogens is 1. The van der Waals surface area contributed by atoms with Gasteiger partial charge in [-0.2, -0.15) is 13.2 Å². The first kappa shape index (κ1) is 31.5. The molecule has 0 aliphatic carbocycles. The number of nitrogens with zero attached hydrogens (tertiary/aromatic N) is 4. The van der Waals surface area contributed by atoms with Crippen molar-refractivity contribution >= 4 is 23.5 Å². The Labute approximate surface area is 249 Å². The predicted octanol–water partition coefficient (Wildman–Crippen LogP) is 4.46. The number of alkyl halides is 3. The molecule has 1 saturated heterocycles.